The van der Waals surface area contributed by atoms with Crippen molar-refractivity contribution in [3.05, 3.63) is 45.9 Å². The maximum Gasteiger partial charge on any atom is 0.344 e. The predicted octanol–water partition coefficient (Wildman–Crippen LogP) is 1.49. The highest BCUT2D eigenvalue weighted by atomic mass is 16.5. The average Bonchev–Trinajstić information content (AvgIpc) is 2.37. The first-order chi connectivity index (χ1) is 8.57. The van der Waals surface area contributed by atoms with E-state index in [2.05, 4.69) is 0 Å². The van der Waals surface area contributed by atoms with E-state index in [9.17, 15) is 14.7 Å². The van der Waals surface area contributed by atoms with Gasteiger partial charge in [0.1, 0.15) is 11.3 Å². The van der Waals surface area contributed by atoms with Crippen LogP contribution in [0.5, 0.6) is 5.75 Å². The first-order valence-corrected chi connectivity index (χ1v) is 5.58. The second-order valence-electron chi connectivity index (χ2n) is 3.83. The number of carbonyl (C=O) groups is 1. The molecule has 0 radical (unpaired) electrons. The van der Waals surface area contributed by atoms with Gasteiger partial charge in [0.25, 0.3) is 5.56 Å². The number of aromatic nitrogens is 1. The first-order valence-electron chi connectivity index (χ1n) is 5.58. The Balaban J connectivity index is 2.87. The molecular formula is C13H13NO4. The van der Waals surface area contributed by atoms with Crippen LogP contribution in [0.1, 0.15) is 22.8 Å². The first kappa shape index (κ1) is 12.2. The van der Waals surface area contributed by atoms with E-state index in [0.717, 1.165) is 0 Å². The summed E-state index contributed by atoms with van der Waals surface area (Å²) in [5, 5.41) is 9.96. The predicted molar refractivity (Wildman–Crippen MR) is 66.0 cm³/mol. The number of carbonyl (C=O) groups excluding carboxylic acids is 1. The molecule has 0 bridgehead atoms. The summed E-state index contributed by atoms with van der Waals surface area (Å²) in [6.45, 7) is 3.36. The third-order valence-electron chi connectivity index (χ3n) is 2.73. The molecular weight excluding hydrogens is 234 g/mol. The molecule has 0 aliphatic heterocycles. The van der Waals surface area contributed by atoms with Gasteiger partial charge in [0, 0.05) is 6.20 Å². The molecule has 0 aliphatic rings. The summed E-state index contributed by atoms with van der Waals surface area (Å²) in [4.78, 5) is 23.8. The molecule has 1 N–H and O–H groups in total. The van der Waals surface area contributed by atoms with Gasteiger partial charge in [-0.15, -0.1) is 0 Å². The molecule has 0 aromatic carbocycles. The van der Waals surface area contributed by atoms with E-state index in [1.165, 1.54) is 11.3 Å². The summed E-state index contributed by atoms with van der Waals surface area (Å²) in [5.74, 6) is -0.952. The van der Waals surface area contributed by atoms with Crippen LogP contribution in [0.2, 0.25) is 0 Å². The number of rotatable bonds is 2. The van der Waals surface area contributed by atoms with Crippen molar-refractivity contribution in [3.8, 4) is 5.75 Å². The number of ether oxygens (including phenoxy) is 1. The van der Waals surface area contributed by atoms with Crippen molar-refractivity contribution in [1.29, 1.82) is 0 Å². The Kier molecular flexibility index (Phi) is 3.06. The SMILES string of the molecule is CCOC(=O)c1c(O)c(C)c(=O)n2ccccc12. The van der Waals surface area contributed by atoms with E-state index >= 15 is 0 Å². The van der Waals surface area contributed by atoms with Crippen LogP contribution < -0.4 is 5.56 Å². The molecule has 2 rings (SSSR count). The van der Waals surface area contributed by atoms with Gasteiger partial charge in [-0.05, 0) is 26.0 Å². The van der Waals surface area contributed by atoms with Crippen molar-refractivity contribution in [2.75, 3.05) is 6.61 Å². The molecule has 2 heterocycles. The quantitative estimate of drug-likeness (QED) is 0.816. The monoisotopic (exact) mass is 247 g/mol. The molecule has 18 heavy (non-hydrogen) atoms. The molecule has 0 atom stereocenters. The summed E-state index contributed by atoms with van der Waals surface area (Å²) in [6, 6.07) is 4.96. The number of hydrogen-bond acceptors (Lipinski definition) is 4. The van der Waals surface area contributed by atoms with Crippen molar-refractivity contribution in [3.63, 3.8) is 0 Å². The molecule has 0 fully saturated rings. The van der Waals surface area contributed by atoms with Crippen molar-refractivity contribution in [2.45, 2.75) is 13.8 Å². The standard InChI is InChI=1S/C13H13NO4/c1-3-18-13(17)10-9-6-4-5-7-14(9)12(16)8(2)11(10)15/h4-7,15H,3H2,1-2H3. The molecule has 2 aromatic heterocycles. The fourth-order valence-electron chi connectivity index (χ4n) is 1.82. The van der Waals surface area contributed by atoms with Gasteiger partial charge in [0.05, 0.1) is 17.7 Å². The molecule has 0 spiro atoms. The Morgan fingerprint density at radius 3 is 2.83 bits per heavy atom. The van der Waals surface area contributed by atoms with E-state index in [0.29, 0.717) is 5.52 Å². The smallest absolute Gasteiger partial charge is 0.344 e. The van der Waals surface area contributed by atoms with E-state index in [-0.39, 0.29) is 29.0 Å². The lowest BCUT2D eigenvalue weighted by molar-refractivity contribution is 0.0524. The molecule has 5 heteroatoms. The second kappa shape index (κ2) is 4.52. The van der Waals surface area contributed by atoms with Gasteiger partial charge < -0.3 is 9.84 Å². The van der Waals surface area contributed by atoms with Crippen LogP contribution in [0, 0.1) is 6.92 Å². The van der Waals surface area contributed by atoms with E-state index in [1.54, 1.807) is 31.3 Å². The van der Waals surface area contributed by atoms with Crippen molar-refractivity contribution in [2.24, 2.45) is 0 Å². The topological polar surface area (TPSA) is 68.0 Å². The lowest BCUT2D eigenvalue weighted by Crippen LogP contribution is -2.20. The van der Waals surface area contributed by atoms with Crippen LogP contribution >= 0.6 is 0 Å². The summed E-state index contributed by atoms with van der Waals surface area (Å²) in [6.07, 6.45) is 1.55. The van der Waals surface area contributed by atoms with E-state index in [1.807, 2.05) is 0 Å². The highest BCUT2D eigenvalue weighted by Gasteiger charge is 2.20. The van der Waals surface area contributed by atoms with Crippen LogP contribution in [-0.4, -0.2) is 22.1 Å². The average molecular weight is 247 g/mol. The van der Waals surface area contributed by atoms with Gasteiger partial charge >= 0.3 is 5.97 Å². The molecule has 5 nitrogen and oxygen atoms in total. The van der Waals surface area contributed by atoms with Crippen LogP contribution in [0.4, 0.5) is 0 Å². The lowest BCUT2D eigenvalue weighted by Gasteiger charge is -2.11. The van der Waals surface area contributed by atoms with Gasteiger partial charge in [-0.3, -0.25) is 9.20 Å². The van der Waals surface area contributed by atoms with Crippen LogP contribution in [0.15, 0.2) is 29.2 Å². The Labute approximate surface area is 103 Å². The molecule has 2 aromatic rings. The number of pyridine rings is 2. The molecule has 0 amide bonds. The summed E-state index contributed by atoms with van der Waals surface area (Å²) >= 11 is 0. The largest absolute Gasteiger partial charge is 0.506 e. The fourth-order valence-corrected chi connectivity index (χ4v) is 1.82. The lowest BCUT2D eigenvalue weighted by atomic mass is 10.1. The normalized spacial score (nSPS) is 10.6. The fraction of sp³-hybridized carbons (Fsp3) is 0.231. The van der Waals surface area contributed by atoms with Crippen molar-refractivity contribution < 1.29 is 14.6 Å². The van der Waals surface area contributed by atoms with Gasteiger partial charge in [-0.1, -0.05) is 6.07 Å². The number of hydrogen-bond donors (Lipinski definition) is 1. The molecule has 94 valence electrons. The molecule has 0 saturated carbocycles. The van der Waals surface area contributed by atoms with Crippen molar-refractivity contribution in [1.82, 2.24) is 4.40 Å². The number of nitrogens with zero attached hydrogens (tertiary/aromatic N) is 1. The Hall–Kier alpha value is -2.30. The highest BCUT2D eigenvalue weighted by molar-refractivity contribution is 6.00. The number of fused-ring (bicyclic) bond motifs is 1. The third kappa shape index (κ3) is 1.73. The number of aromatic hydroxyl groups is 1. The van der Waals surface area contributed by atoms with Crippen LogP contribution in [0.25, 0.3) is 5.52 Å². The van der Waals surface area contributed by atoms with Crippen LogP contribution in [0.3, 0.4) is 0 Å². The van der Waals surface area contributed by atoms with Gasteiger partial charge in [0.2, 0.25) is 0 Å². The van der Waals surface area contributed by atoms with Gasteiger partial charge in [-0.2, -0.15) is 0 Å². The minimum Gasteiger partial charge on any atom is -0.506 e. The Bertz CT molecular complexity index is 672. The zero-order valence-electron chi connectivity index (χ0n) is 10.1. The Morgan fingerprint density at radius 1 is 1.44 bits per heavy atom. The summed E-state index contributed by atoms with van der Waals surface area (Å²) in [5.41, 5.74) is 0.136. The van der Waals surface area contributed by atoms with E-state index < -0.39 is 5.97 Å². The maximum atomic E-state index is 11.9. The highest BCUT2D eigenvalue weighted by Crippen LogP contribution is 2.24. The summed E-state index contributed by atoms with van der Waals surface area (Å²) < 4.78 is 6.22. The van der Waals surface area contributed by atoms with Gasteiger partial charge in [-0.25, -0.2) is 4.79 Å². The molecule has 0 aliphatic carbocycles. The molecule has 0 saturated heterocycles. The molecule has 0 unspecified atom stereocenters. The Morgan fingerprint density at radius 2 is 2.17 bits per heavy atom. The maximum absolute atomic E-state index is 11.9. The number of esters is 1. The van der Waals surface area contributed by atoms with Crippen LogP contribution in [-0.2, 0) is 4.74 Å². The minimum absolute atomic E-state index is 0.0227. The minimum atomic E-state index is -0.637. The zero-order chi connectivity index (χ0) is 13.3. The van der Waals surface area contributed by atoms with Crippen molar-refractivity contribution >= 4 is 11.5 Å². The zero-order valence-corrected chi connectivity index (χ0v) is 10.1. The van der Waals surface area contributed by atoms with Gasteiger partial charge in [0.15, 0.2) is 0 Å². The van der Waals surface area contributed by atoms with E-state index in [4.69, 9.17) is 4.74 Å². The second-order valence-corrected chi connectivity index (χ2v) is 3.83. The third-order valence-corrected chi connectivity index (χ3v) is 2.73. The summed E-state index contributed by atoms with van der Waals surface area (Å²) in [7, 11) is 0.